The lowest BCUT2D eigenvalue weighted by molar-refractivity contribution is -0.508. The van der Waals surface area contributed by atoms with E-state index in [1.54, 1.807) is 0 Å². The van der Waals surface area contributed by atoms with Crippen LogP contribution in [0.2, 0.25) is 0 Å². The van der Waals surface area contributed by atoms with Crippen LogP contribution in [0.1, 0.15) is 26.7 Å². The van der Waals surface area contributed by atoms with Gasteiger partial charge in [0.2, 0.25) is 0 Å². The second-order valence-corrected chi connectivity index (χ2v) is 3.47. The molecule has 0 atom stereocenters. The van der Waals surface area contributed by atoms with Crippen molar-refractivity contribution in [3.8, 4) is 0 Å². The summed E-state index contributed by atoms with van der Waals surface area (Å²) < 4.78 is 2.27. The van der Waals surface area contributed by atoms with Gasteiger partial charge in [0, 0.05) is 11.6 Å². The van der Waals surface area contributed by atoms with Crippen molar-refractivity contribution in [3.63, 3.8) is 0 Å². The van der Waals surface area contributed by atoms with E-state index in [4.69, 9.17) is 11.6 Å². The maximum absolute atomic E-state index is 6.22. The summed E-state index contributed by atoms with van der Waals surface area (Å²) in [7, 11) is 0. The molecule has 1 heterocycles. The third-order valence-corrected chi connectivity index (χ3v) is 2.87. The molecule has 0 aromatic rings. The molecule has 0 saturated carbocycles. The fraction of sp³-hybridized carbons (Fsp3) is 0.889. The molecule has 1 saturated heterocycles. The first-order chi connectivity index (χ1) is 5.79. The molecule has 12 heavy (non-hydrogen) atoms. The highest BCUT2D eigenvalue weighted by molar-refractivity contribution is 6.63. The van der Waals surface area contributed by atoms with Crippen LogP contribution in [0.5, 0.6) is 0 Å². The number of halogens is 1. The van der Waals surface area contributed by atoms with Crippen molar-refractivity contribution in [2.24, 2.45) is 0 Å². The van der Waals surface area contributed by atoms with Gasteiger partial charge in [-0.05, 0) is 26.7 Å². The molecule has 0 amide bonds. The predicted octanol–water partition coefficient (Wildman–Crippen LogP) is 1.73. The highest BCUT2D eigenvalue weighted by atomic mass is 35.5. The summed E-state index contributed by atoms with van der Waals surface area (Å²) >= 11 is 6.22. The van der Waals surface area contributed by atoms with E-state index < -0.39 is 0 Å². The van der Waals surface area contributed by atoms with E-state index in [0.29, 0.717) is 0 Å². The van der Waals surface area contributed by atoms with Gasteiger partial charge < -0.3 is 0 Å². The van der Waals surface area contributed by atoms with E-state index in [2.05, 4.69) is 23.3 Å². The number of hydrogen-bond acceptors (Lipinski definition) is 0. The van der Waals surface area contributed by atoms with E-state index >= 15 is 0 Å². The van der Waals surface area contributed by atoms with Gasteiger partial charge in [-0.1, -0.05) is 0 Å². The van der Waals surface area contributed by atoms with Gasteiger partial charge in [-0.15, -0.1) is 0 Å². The lowest BCUT2D eigenvalue weighted by Gasteiger charge is -2.12. The molecule has 0 unspecified atom stereocenters. The van der Waals surface area contributed by atoms with Crippen molar-refractivity contribution in [2.45, 2.75) is 26.7 Å². The summed E-state index contributed by atoms with van der Waals surface area (Å²) in [6, 6.07) is 0. The van der Waals surface area contributed by atoms with E-state index in [1.165, 1.54) is 12.8 Å². The summed E-state index contributed by atoms with van der Waals surface area (Å²) in [6.07, 6.45) is 2.58. The Morgan fingerprint density at radius 2 is 1.75 bits per heavy atom. The van der Waals surface area contributed by atoms with E-state index in [-0.39, 0.29) is 0 Å². The van der Waals surface area contributed by atoms with Gasteiger partial charge in [0.05, 0.1) is 26.2 Å². The van der Waals surface area contributed by atoms with Crippen LogP contribution in [0, 0.1) is 0 Å². The highest BCUT2D eigenvalue weighted by Crippen LogP contribution is 2.06. The smallest absolute Gasteiger partial charge is 0.252 e. The van der Waals surface area contributed by atoms with Crippen molar-refractivity contribution in [1.29, 1.82) is 0 Å². The fourth-order valence-electron chi connectivity index (χ4n) is 1.59. The second kappa shape index (κ2) is 4.70. The standard InChI is InChI=1S/C9H18ClN2/c1-3-11(4-2)9(10)12-7-5-6-8-12/h3-8H2,1-2H3/q+1. The first-order valence-corrected chi connectivity index (χ1v) is 5.19. The third-order valence-electron chi connectivity index (χ3n) is 2.39. The van der Waals surface area contributed by atoms with Crippen LogP contribution in [0.25, 0.3) is 0 Å². The minimum atomic E-state index is 0.942. The number of hydrogen-bond donors (Lipinski definition) is 0. The molecular formula is C9H18ClN2+. The molecule has 0 aromatic heterocycles. The van der Waals surface area contributed by atoms with E-state index in [9.17, 15) is 0 Å². The van der Waals surface area contributed by atoms with Crippen molar-refractivity contribution >= 4 is 16.9 Å². The number of rotatable bonds is 2. The summed E-state index contributed by atoms with van der Waals surface area (Å²) in [5.74, 6) is 0. The van der Waals surface area contributed by atoms with Gasteiger partial charge in [-0.3, -0.25) is 9.48 Å². The summed E-state index contributed by atoms with van der Waals surface area (Å²) in [6.45, 7) is 8.56. The van der Waals surface area contributed by atoms with Crippen molar-refractivity contribution < 1.29 is 4.58 Å². The fourth-order valence-corrected chi connectivity index (χ4v) is 1.99. The van der Waals surface area contributed by atoms with Gasteiger partial charge in [-0.2, -0.15) is 0 Å². The van der Waals surface area contributed by atoms with Crippen LogP contribution in [-0.2, 0) is 0 Å². The lowest BCUT2D eigenvalue weighted by atomic mass is 10.4. The molecule has 0 N–H and O–H groups in total. The highest BCUT2D eigenvalue weighted by Gasteiger charge is 2.20. The SMILES string of the molecule is CCN(CC)C(Cl)=[N+]1CCCC1. The van der Waals surface area contributed by atoms with Crippen LogP contribution in [-0.4, -0.2) is 40.9 Å². The molecule has 2 nitrogen and oxygen atoms in total. The van der Waals surface area contributed by atoms with Crippen LogP contribution in [0.3, 0.4) is 0 Å². The largest absolute Gasteiger partial charge is 0.344 e. The zero-order valence-electron chi connectivity index (χ0n) is 8.02. The molecule has 1 rings (SSSR count). The van der Waals surface area contributed by atoms with Crippen LogP contribution in [0.15, 0.2) is 0 Å². The average molecular weight is 190 g/mol. The summed E-state index contributed by atoms with van der Waals surface area (Å²) in [5, 5.41) is 0.942. The van der Waals surface area contributed by atoms with Gasteiger partial charge in [0.1, 0.15) is 0 Å². The Labute approximate surface area is 79.8 Å². The van der Waals surface area contributed by atoms with Crippen molar-refractivity contribution in [3.05, 3.63) is 0 Å². The first kappa shape index (κ1) is 9.85. The van der Waals surface area contributed by atoms with Gasteiger partial charge in [0.25, 0.3) is 0 Å². The Kier molecular flexibility index (Phi) is 3.86. The Bertz CT molecular complexity index is 165. The van der Waals surface area contributed by atoms with Crippen molar-refractivity contribution in [1.82, 2.24) is 4.90 Å². The Morgan fingerprint density at radius 3 is 2.17 bits per heavy atom. The molecule has 0 bridgehead atoms. The maximum atomic E-state index is 6.22. The van der Waals surface area contributed by atoms with E-state index in [1.807, 2.05) is 0 Å². The zero-order chi connectivity index (χ0) is 8.97. The molecule has 0 spiro atoms. The lowest BCUT2D eigenvalue weighted by Crippen LogP contribution is -2.33. The third kappa shape index (κ3) is 2.13. The average Bonchev–Trinajstić information content (AvgIpc) is 2.58. The molecule has 70 valence electrons. The molecular weight excluding hydrogens is 172 g/mol. The quantitative estimate of drug-likeness (QED) is 0.364. The minimum absolute atomic E-state index is 0.942. The van der Waals surface area contributed by atoms with E-state index in [0.717, 1.165) is 31.5 Å². The normalized spacial score (nSPS) is 16.8. The number of nitrogens with zero attached hydrogens (tertiary/aromatic N) is 2. The van der Waals surface area contributed by atoms with Crippen LogP contribution in [0.4, 0.5) is 0 Å². The van der Waals surface area contributed by atoms with Gasteiger partial charge in [-0.25, -0.2) is 0 Å². The molecule has 0 aliphatic carbocycles. The molecule has 0 radical (unpaired) electrons. The van der Waals surface area contributed by atoms with Crippen molar-refractivity contribution in [2.75, 3.05) is 26.2 Å². The molecule has 0 aromatic carbocycles. The first-order valence-electron chi connectivity index (χ1n) is 4.82. The molecule has 3 heteroatoms. The Balaban J connectivity index is 2.64. The van der Waals surface area contributed by atoms with Gasteiger partial charge in [0.15, 0.2) is 0 Å². The predicted molar refractivity (Wildman–Crippen MR) is 53.0 cm³/mol. The van der Waals surface area contributed by atoms with Crippen LogP contribution < -0.4 is 0 Å². The second-order valence-electron chi connectivity index (χ2n) is 3.14. The van der Waals surface area contributed by atoms with Gasteiger partial charge >= 0.3 is 5.29 Å². The topological polar surface area (TPSA) is 6.25 Å². The summed E-state index contributed by atoms with van der Waals surface area (Å²) in [4.78, 5) is 2.20. The maximum Gasteiger partial charge on any atom is 0.344 e. The minimum Gasteiger partial charge on any atom is -0.252 e. The Hall–Kier alpha value is -0.240. The molecule has 1 aliphatic heterocycles. The monoisotopic (exact) mass is 189 g/mol. The van der Waals surface area contributed by atoms with Crippen LogP contribution >= 0.6 is 11.6 Å². The summed E-state index contributed by atoms with van der Waals surface area (Å²) in [5.41, 5.74) is 0. The zero-order valence-corrected chi connectivity index (χ0v) is 8.77. The molecule has 1 aliphatic rings. The Morgan fingerprint density at radius 1 is 1.25 bits per heavy atom. The number of amidine groups is 1. The molecule has 1 fully saturated rings.